The molecule has 1 aliphatic rings. The van der Waals surface area contributed by atoms with E-state index < -0.39 is 0 Å². The summed E-state index contributed by atoms with van der Waals surface area (Å²) in [5.74, 6) is 2.48. The highest BCUT2D eigenvalue weighted by atomic mass is 79.9. The van der Waals surface area contributed by atoms with Crippen molar-refractivity contribution < 1.29 is 14.2 Å². The van der Waals surface area contributed by atoms with Gasteiger partial charge in [-0.15, -0.1) is 0 Å². The van der Waals surface area contributed by atoms with Gasteiger partial charge in [-0.1, -0.05) is 62.5 Å². The van der Waals surface area contributed by atoms with Crippen molar-refractivity contribution in [3.63, 3.8) is 0 Å². The molecule has 0 N–H and O–H groups in total. The molecule has 0 aromatic heterocycles. The molecule has 1 aliphatic carbocycles. The average molecular weight is 477 g/mol. The number of rotatable bonds is 6. The van der Waals surface area contributed by atoms with Gasteiger partial charge in [0, 0.05) is 28.3 Å². The molecule has 3 rings (SSSR count). The SMILES string of the molecule is CC.COCOc1c(-c2cc(OC)ccc2Br)cc(C)cc1C1(C)CCCC(C)C1. The van der Waals surface area contributed by atoms with E-state index in [0.717, 1.165) is 33.0 Å². The van der Waals surface area contributed by atoms with Crippen molar-refractivity contribution in [3.8, 4) is 22.6 Å². The Labute approximate surface area is 191 Å². The third-order valence-electron chi connectivity index (χ3n) is 5.89. The van der Waals surface area contributed by atoms with E-state index >= 15 is 0 Å². The maximum atomic E-state index is 6.23. The van der Waals surface area contributed by atoms with Gasteiger partial charge in [0.15, 0.2) is 6.79 Å². The minimum atomic E-state index is 0.104. The van der Waals surface area contributed by atoms with Crippen LogP contribution < -0.4 is 9.47 Å². The molecule has 2 aromatic rings. The highest BCUT2D eigenvalue weighted by Gasteiger charge is 2.35. The minimum Gasteiger partial charge on any atom is -0.497 e. The summed E-state index contributed by atoms with van der Waals surface area (Å²) in [6.07, 6.45) is 4.93. The largest absolute Gasteiger partial charge is 0.497 e. The molecule has 30 heavy (non-hydrogen) atoms. The second-order valence-electron chi connectivity index (χ2n) is 8.35. The van der Waals surface area contributed by atoms with Crippen molar-refractivity contribution in [1.29, 1.82) is 0 Å². The topological polar surface area (TPSA) is 27.7 Å². The second-order valence-corrected chi connectivity index (χ2v) is 9.20. The number of halogens is 1. The maximum Gasteiger partial charge on any atom is 0.188 e. The van der Waals surface area contributed by atoms with Crippen LogP contribution in [0.5, 0.6) is 11.5 Å². The molecule has 0 aliphatic heterocycles. The van der Waals surface area contributed by atoms with E-state index in [4.69, 9.17) is 14.2 Å². The average Bonchev–Trinajstić information content (AvgIpc) is 2.74. The zero-order valence-electron chi connectivity index (χ0n) is 19.6. The van der Waals surface area contributed by atoms with E-state index in [-0.39, 0.29) is 12.2 Å². The summed E-state index contributed by atoms with van der Waals surface area (Å²) in [6.45, 7) is 11.1. The Morgan fingerprint density at radius 1 is 1.10 bits per heavy atom. The van der Waals surface area contributed by atoms with Crippen molar-refractivity contribution >= 4 is 15.9 Å². The third-order valence-corrected chi connectivity index (χ3v) is 6.58. The van der Waals surface area contributed by atoms with E-state index in [9.17, 15) is 0 Å². The lowest BCUT2D eigenvalue weighted by Crippen LogP contribution is -2.30. The van der Waals surface area contributed by atoms with Crippen LogP contribution >= 0.6 is 15.9 Å². The fourth-order valence-electron chi connectivity index (χ4n) is 4.59. The van der Waals surface area contributed by atoms with Crippen LogP contribution in [0, 0.1) is 12.8 Å². The lowest BCUT2D eigenvalue weighted by atomic mass is 9.66. The summed E-state index contributed by atoms with van der Waals surface area (Å²) in [4.78, 5) is 0. The summed E-state index contributed by atoms with van der Waals surface area (Å²) < 4.78 is 18.0. The van der Waals surface area contributed by atoms with Gasteiger partial charge in [-0.05, 0) is 60.9 Å². The number of aryl methyl sites for hydroxylation is 1. The molecule has 1 saturated carbocycles. The van der Waals surface area contributed by atoms with Crippen molar-refractivity contribution in [2.45, 2.75) is 65.7 Å². The van der Waals surface area contributed by atoms with E-state index in [1.165, 1.54) is 36.8 Å². The summed E-state index contributed by atoms with van der Waals surface area (Å²) >= 11 is 3.72. The fourth-order valence-corrected chi connectivity index (χ4v) is 5.05. The first-order valence-electron chi connectivity index (χ1n) is 11.0. The van der Waals surface area contributed by atoms with Crippen LogP contribution in [0.15, 0.2) is 34.8 Å². The number of benzene rings is 2. The van der Waals surface area contributed by atoms with Gasteiger partial charge in [0.05, 0.1) is 7.11 Å². The normalized spacial score (nSPS) is 20.9. The van der Waals surface area contributed by atoms with Gasteiger partial charge in [0.25, 0.3) is 0 Å². The molecular formula is C26H37BrO3. The van der Waals surface area contributed by atoms with Crippen molar-refractivity contribution in [2.75, 3.05) is 21.0 Å². The Bertz CT molecular complexity index is 833. The van der Waals surface area contributed by atoms with Gasteiger partial charge < -0.3 is 14.2 Å². The molecule has 1 fully saturated rings. The molecule has 2 unspecified atom stereocenters. The predicted molar refractivity (Wildman–Crippen MR) is 130 cm³/mol. The van der Waals surface area contributed by atoms with Crippen LogP contribution in [0.4, 0.5) is 0 Å². The van der Waals surface area contributed by atoms with Crippen LogP contribution in [-0.2, 0) is 10.2 Å². The Hall–Kier alpha value is -1.52. The monoisotopic (exact) mass is 476 g/mol. The third kappa shape index (κ3) is 5.59. The number of ether oxygens (including phenoxy) is 3. The van der Waals surface area contributed by atoms with Crippen LogP contribution in [0.3, 0.4) is 0 Å². The molecule has 3 nitrogen and oxygen atoms in total. The van der Waals surface area contributed by atoms with Gasteiger partial charge in [-0.3, -0.25) is 0 Å². The lowest BCUT2D eigenvalue weighted by molar-refractivity contribution is 0.0494. The molecular weight excluding hydrogens is 440 g/mol. The Morgan fingerprint density at radius 3 is 2.47 bits per heavy atom. The fraction of sp³-hybridized carbons (Fsp3) is 0.538. The van der Waals surface area contributed by atoms with Crippen LogP contribution in [0.1, 0.15) is 64.5 Å². The molecule has 2 aromatic carbocycles. The second kappa shape index (κ2) is 11.2. The number of hydrogen-bond donors (Lipinski definition) is 0. The Kier molecular flexibility index (Phi) is 9.24. The standard InChI is InChI=1S/C24H31BrO3.C2H6/c1-16-7-6-10-24(3,14-16)21-12-17(2)11-20(23(21)28-15-26-4)19-13-18(27-5)8-9-22(19)25;1-2/h8-9,11-13,16H,6-7,10,14-15H2,1-5H3;1-2H3. The predicted octanol–water partition coefficient (Wildman–Crippen LogP) is 7.91. The van der Waals surface area contributed by atoms with E-state index in [1.54, 1.807) is 14.2 Å². The Balaban J connectivity index is 0.00000155. The molecule has 0 saturated heterocycles. The van der Waals surface area contributed by atoms with Gasteiger partial charge in [0.1, 0.15) is 11.5 Å². The van der Waals surface area contributed by atoms with E-state index in [1.807, 2.05) is 26.0 Å². The van der Waals surface area contributed by atoms with Crippen LogP contribution in [-0.4, -0.2) is 21.0 Å². The minimum absolute atomic E-state index is 0.104. The quantitative estimate of drug-likeness (QED) is 0.396. The molecule has 166 valence electrons. The number of hydrogen-bond acceptors (Lipinski definition) is 3. The highest BCUT2D eigenvalue weighted by molar-refractivity contribution is 9.10. The first-order valence-corrected chi connectivity index (χ1v) is 11.8. The van der Waals surface area contributed by atoms with Gasteiger partial charge in [0.2, 0.25) is 0 Å². The first-order chi connectivity index (χ1) is 14.4. The summed E-state index contributed by atoms with van der Waals surface area (Å²) in [5, 5.41) is 0. The van der Waals surface area contributed by atoms with Crippen molar-refractivity contribution in [3.05, 3.63) is 45.9 Å². The molecule has 0 bridgehead atoms. The summed E-state index contributed by atoms with van der Waals surface area (Å²) in [6, 6.07) is 10.6. The van der Waals surface area contributed by atoms with Crippen molar-refractivity contribution in [2.24, 2.45) is 5.92 Å². The van der Waals surface area contributed by atoms with E-state index in [0.29, 0.717) is 0 Å². The molecule has 0 heterocycles. The zero-order chi connectivity index (χ0) is 22.3. The molecule has 0 spiro atoms. The van der Waals surface area contributed by atoms with Crippen molar-refractivity contribution in [1.82, 2.24) is 0 Å². The Morgan fingerprint density at radius 2 is 1.83 bits per heavy atom. The molecule has 0 amide bonds. The van der Waals surface area contributed by atoms with Gasteiger partial charge in [-0.2, -0.15) is 0 Å². The van der Waals surface area contributed by atoms with E-state index in [2.05, 4.69) is 54.9 Å². The summed E-state index contributed by atoms with van der Waals surface area (Å²) in [5.41, 5.74) is 4.79. The van der Waals surface area contributed by atoms with Crippen LogP contribution in [0.2, 0.25) is 0 Å². The number of methoxy groups -OCH3 is 2. The zero-order valence-corrected chi connectivity index (χ0v) is 21.2. The lowest BCUT2D eigenvalue weighted by Gasteiger charge is -2.39. The maximum absolute atomic E-state index is 6.23. The highest BCUT2D eigenvalue weighted by Crippen LogP contribution is 2.49. The van der Waals surface area contributed by atoms with Crippen LogP contribution in [0.25, 0.3) is 11.1 Å². The summed E-state index contributed by atoms with van der Waals surface area (Å²) in [7, 11) is 3.36. The molecule has 4 heteroatoms. The molecule has 0 radical (unpaired) electrons. The van der Waals surface area contributed by atoms with Gasteiger partial charge >= 0.3 is 0 Å². The molecule has 2 atom stereocenters. The van der Waals surface area contributed by atoms with Gasteiger partial charge in [-0.25, -0.2) is 0 Å². The smallest absolute Gasteiger partial charge is 0.188 e. The first kappa shape index (κ1) is 24.7.